The van der Waals surface area contributed by atoms with Gasteiger partial charge in [-0.2, -0.15) is 0 Å². The number of unbranched alkanes of at least 4 members (excludes halogenated alkanes) is 13. The molecular formula is C42H66N4O6. The smallest absolute Gasteiger partial charge is 0.273 e. The van der Waals surface area contributed by atoms with Crippen LogP contribution in [0.5, 0.6) is 11.5 Å². The number of aromatic hydroxyl groups is 2. The topological polar surface area (TPSA) is 157 Å². The number of hydrogen-bond donors (Lipinski definition) is 6. The van der Waals surface area contributed by atoms with Gasteiger partial charge in [0.15, 0.2) is 0 Å². The molecule has 10 heteroatoms. The van der Waals surface area contributed by atoms with E-state index < -0.39 is 23.6 Å². The minimum absolute atomic E-state index is 0.0798. The Morgan fingerprint density at radius 1 is 0.519 bits per heavy atom. The normalized spacial score (nSPS) is 11.5. The number of carbonyl (C=O) groups is 4. The zero-order valence-electron chi connectivity index (χ0n) is 32.1. The summed E-state index contributed by atoms with van der Waals surface area (Å²) in [5, 5.41) is 21.0. The van der Waals surface area contributed by atoms with Crippen LogP contribution in [0.15, 0.2) is 36.4 Å². The molecule has 2 aromatic rings. The highest BCUT2D eigenvalue weighted by Crippen LogP contribution is 2.25. The number of nitrogens with one attached hydrogen (secondary N) is 4. The van der Waals surface area contributed by atoms with Crippen molar-refractivity contribution in [3.8, 4) is 11.5 Å². The Kier molecular flexibility index (Phi) is 22.6. The van der Waals surface area contributed by atoms with E-state index >= 15 is 0 Å². The van der Waals surface area contributed by atoms with Crippen molar-refractivity contribution in [1.82, 2.24) is 21.7 Å². The zero-order chi connectivity index (χ0) is 38.0. The third-order valence-electron chi connectivity index (χ3n) is 9.66. The molecule has 290 valence electrons. The van der Waals surface area contributed by atoms with Gasteiger partial charge in [-0.1, -0.05) is 135 Å². The fourth-order valence-electron chi connectivity index (χ4n) is 6.57. The van der Waals surface area contributed by atoms with Crippen LogP contribution < -0.4 is 21.7 Å². The molecule has 10 nitrogen and oxygen atoms in total. The summed E-state index contributed by atoms with van der Waals surface area (Å²) >= 11 is 0. The quantitative estimate of drug-likeness (QED) is 0.0421. The van der Waals surface area contributed by atoms with Crippen LogP contribution >= 0.6 is 0 Å². The maximum absolute atomic E-state index is 13.3. The van der Waals surface area contributed by atoms with E-state index in [1.165, 1.54) is 50.7 Å². The number of phenolic OH excluding ortho intramolecular Hbond substituents is 2. The van der Waals surface area contributed by atoms with Gasteiger partial charge < -0.3 is 10.2 Å². The van der Waals surface area contributed by atoms with Crippen LogP contribution in [0.25, 0.3) is 0 Å². The van der Waals surface area contributed by atoms with Crippen molar-refractivity contribution in [2.75, 3.05) is 0 Å². The first-order chi connectivity index (χ1) is 25.2. The maximum atomic E-state index is 13.3. The summed E-state index contributed by atoms with van der Waals surface area (Å²) in [5.41, 5.74) is 11.8. The van der Waals surface area contributed by atoms with Crippen molar-refractivity contribution in [2.45, 2.75) is 162 Å². The summed E-state index contributed by atoms with van der Waals surface area (Å²) in [7, 11) is 0. The first-order valence-electron chi connectivity index (χ1n) is 20.0. The van der Waals surface area contributed by atoms with Gasteiger partial charge in [0, 0.05) is 12.3 Å². The van der Waals surface area contributed by atoms with Gasteiger partial charge in [0.05, 0.1) is 11.1 Å². The lowest BCUT2D eigenvalue weighted by atomic mass is 9.94. The van der Waals surface area contributed by atoms with Gasteiger partial charge in [0.1, 0.15) is 11.5 Å². The molecule has 0 saturated carbocycles. The van der Waals surface area contributed by atoms with Gasteiger partial charge in [0.25, 0.3) is 11.8 Å². The average Bonchev–Trinajstić information content (AvgIpc) is 3.13. The van der Waals surface area contributed by atoms with Gasteiger partial charge in [0.2, 0.25) is 11.8 Å². The highest BCUT2D eigenvalue weighted by molar-refractivity contribution is 6.00. The van der Waals surface area contributed by atoms with Crippen LogP contribution in [0.2, 0.25) is 0 Å². The van der Waals surface area contributed by atoms with Gasteiger partial charge >= 0.3 is 0 Å². The van der Waals surface area contributed by atoms with Crippen LogP contribution in [-0.2, 0) is 22.4 Å². The highest BCUT2D eigenvalue weighted by atomic mass is 16.3. The number of benzene rings is 2. The minimum atomic E-state index is -0.573. The van der Waals surface area contributed by atoms with E-state index in [0.29, 0.717) is 32.1 Å². The fraction of sp³-hybridized carbons (Fsp3) is 0.619. The van der Waals surface area contributed by atoms with E-state index in [9.17, 15) is 29.4 Å². The summed E-state index contributed by atoms with van der Waals surface area (Å²) in [5.74, 6) is -2.57. The number of rotatable bonds is 26. The Hall–Kier alpha value is -4.08. The summed E-state index contributed by atoms with van der Waals surface area (Å²) in [6.07, 6.45) is 20.1. The van der Waals surface area contributed by atoms with E-state index in [4.69, 9.17) is 0 Å². The number of phenols is 2. The molecular weight excluding hydrogens is 656 g/mol. The van der Waals surface area contributed by atoms with E-state index in [2.05, 4.69) is 42.5 Å². The van der Waals surface area contributed by atoms with Crippen LogP contribution in [-0.4, -0.2) is 33.8 Å². The second kappa shape index (κ2) is 26.7. The molecule has 0 heterocycles. The fourth-order valence-corrected chi connectivity index (χ4v) is 6.57. The highest BCUT2D eigenvalue weighted by Gasteiger charge is 2.22. The number of carbonyl (C=O) groups excluding carboxylic acids is 4. The van der Waals surface area contributed by atoms with Gasteiger partial charge in [-0.15, -0.1) is 0 Å². The van der Waals surface area contributed by atoms with Crippen LogP contribution in [0.1, 0.15) is 181 Å². The lowest BCUT2D eigenvalue weighted by molar-refractivity contribution is -0.127. The van der Waals surface area contributed by atoms with Crippen molar-refractivity contribution in [3.05, 3.63) is 58.7 Å². The molecule has 2 aromatic carbocycles. The predicted molar refractivity (Wildman–Crippen MR) is 208 cm³/mol. The predicted octanol–water partition coefficient (Wildman–Crippen LogP) is 8.88. The Balaban J connectivity index is 1.90. The molecule has 0 aliphatic rings. The van der Waals surface area contributed by atoms with Crippen LogP contribution in [0.4, 0.5) is 0 Å². The molecule has 4 amide bonds. The lowest BCUT2D eigenvalue weighted by Gasteiger charge is -2.18. The molecule has 0 spiro atoms. The Morgan fingerprint density at radius 2 is 0.942 bits per heavy atom. The standard InChI is InChI=1S/C42H66N4O6/c1-4-7-10-13-15-18-23-32-26-20-29-35(47)38(32)41(51)45-43-37(49)31-22-28-34(25-17-12-9-6-3)40(50)44-46-42(52)39-33(27-21-30-36(39)48)24-19-16-14-11-8-5-2/h20-21,26-27,29-30,34,47-48H,4-19,22-25,28,31H2,1-3H3,(H,43,49)(H,44,50)(H,45,51)(H,46,52). The van der Waals surface area contributed by atoms with Crippen LogP contribution in [0.3, 0.4) is 0 Å². The van der Waals surface area contributed by atoms with Crippen molar-refractivity contribution < 1.29 is 29.4 Å². The van der Waals surface area contributed by atoms with E-state index in [1.54, 1.807) is 12.1 Å². The Bertz CT molecular complexity index is 1360. The zero-order valence-corrected chi connectivity index (χ0v) is 32.1. The first-order valence-corrected chi connectivity index (χ1v) is 20.0. The monoisotopic (exact) mass is 722 g/mol. The summed E-state index contributed by atoms with van der Waals surface area (Å²) in [4.78, 5) is 52.2. The van der Waals surface area contributed by atoms with Crippen LogP contribution in [0, 0.1) is 5.92 Å². The minimum Gasteiger partial charge on any atom is -0.507 e. The molecule has 0 radical (unpaired) electrons. The lowest BCUT2D eigenvalue weighted by Crippen LogP contribution is -2.45. The molecule has 0 aromatic heterocycles. The van der Waals surface area contributed by atoms with Crippen molar-refractivity contribution in [1.29, 1.82) is 0 Å². The second-order valence-electron chi connectivity index (χ2n) is 14.0. The Morgan fingerprint density at radius 3 is 1.44 bits per heavy atom. The number of hydrazine groups is 2. The molecule has 0 saturated heterocycles. The van der Waals surface area contributed by atoms with Crippen molar-refractivity contribution in [3.63, 3.8) is 0 Å². The first kappa shape index (κ1) is 44.1. The molecule has 1 atom stereocenters. The summed E-state index contributed by atoms with van der Waals surface area (Å²) < 4.78 is 0. The van der Waals surface area contributed by atoms with Crippen molar-refractivity contribution >= 4 is 23.6 Å². The summed E-state index contributed by atoms with van der Waals surface area (Å²) in [6, 6.07) is 10.1. The molecule has 0 bridgehead atoms. The molecule has 0 fully saturated rings. The molecule has 0 aliphatic heterocycles. The number of hydrogen-bond acceptors (Lipinski definition) is 6. The van der Waals surface area contributed by atoms with Crippen molar-refractivity contribution in [2.24, 2.45) is 5.92 Å². The summed E-state index contributed by atoms with van der Waals surface area (Å²) in [6.45, 7) is 6.48. The number of amides is 4. The average molecular weight is 723 g/mol. The third-order valence-corrected chi connectivity index (χ3v) is 9.66. The molecule has 52 heavy (non-hydrogen) atoms. The van der Waals surface area contributed by atoms with Gasteiger partial charge in [-0.05, 0) is 68.2 Å². The SMILES string of the molecule is CCCCCCCCc1cccc(O)c1C(=O)NNC(=O)CCCC(CCCCCC)C(=O)NNC(=O)c1c(O)cccc1CCCCCCCC. The van der Waals surface area contributed by atoms with Gasteiger partial charge in [-0.25, -0.2) is 0 Å². The number of aryl methyl sites for hydroxylation is 2. The Labute approximate surface area is 312 Å². The van der Waals surface area contributed by atoms with E-state index in [1.807, 2.05) is 12.1 Å². The maximum Gasteiger partial charge on any atom is 0.273 e. The van der Waals surface area contributed by atoms with Gasteiger partial charge in [-0.3, -0.25) is 40.9 Å². The van der Waals surface area contributed by atoms with E-state index in [0.717, 1.165) is 75.3 Å². The molecule has 6 N–H and O–H groups in total. The third kappa shape index (κ3) is 17.0. The molecule has 1 unspecified atom stereocenters. The second-order valence-corrected chi connectivity index (χ2v) is 14.0. The molecule has 2 rings (SSSR count). The van der Waals surface area contributed by atoms with E-state index in [-0.39, 0.29) is 35.0 Å². The largest absolute Gasteiger partial charge is 0.507 e. The molecule has 0 aliphatic carbocycles.